The third-order valence-electron chi connectivity index (χ3n) is 3.03. The van der Waals surface area contributed by atoms with Gasteiger partial charge in [0, 0.05) is 26.2 Å². The van der Waals surface area contributed by atoms with Gasteiger partial charge in [-0.25, -0.2) is 4.39 Å². The van der Waals surface area contributed by atoms with Gasteiger partial charge >= 0.3 is 0 Å². The number of nitrogens with zero attached hydrogens (tertiary/aromatic N) is 1. The molecule has 1 aromatic rings. The maximum atomic E-state index is 13.7. The normalized spacial score (nSPS) is 16.0. The molecule has 1 amide bonds. The summed E-state index contributed by atoms with van der Waals surface area (Å²) in [4.78, 5) is 13.8. The molecule has 0 aliphatic carbocycles. The molecule has 0 bridgehead atoms. The highest BCUT2D eigenvalue weighted by atomic mass is 19.1. The number of piperazine rings is 1. The fourth-order valence-electron chi connectivity index (χ4n) is 1.94. The van der Waals surface area contributed by atoms with Gasteiger partial charge in [0.2, 0.25) is 0 Å². The molecule has 1 aromatic carbocycles. The van der Waals surface area contributed by atoms with Gasteiger partial charge in [0.05, 0.1) is 11.3 Å². The lowest BCUT2D eigenvalue weighted by atomic mass is 10.1. The minimum atomic E-state index is -0.545. The van der Waals surface area contributed by atoms with Gasteiger partial charge in [0.25, 0.3) is 5.91 Å². The van der Waals surface area contributed by atoms with E-state index in [9.17, 15) is 9.18 Å². The predicted octanol–water partition coefficient (Wildman–Crippen LogP) is 0.762. The molecule has 1 aliphatic heterocycles. The van der Waals surface area contributed by atoms with Crippen LogP contribution in [0, 0.1) is 12.7 Å². The summed E-state index contributed by atoms with van der Waals surface area (Å²) in [6.45, 7) is 4.42. The van der Waals surface area contributed by atoms with Crippen LogP contribution in [0.25, 0.3) is 0 Å². The second-order valence-corrected chi connectivity index (χ2v) is 4.20. The number of carbonyl (C=O) groups excluding carboxylic acids is 1. The summed E-state index contributed by atoms with van der Waals surface area (Å²) in [6.07, 6.45) is 0. The molecular formula is C12H16FN3O. The second kappa shape index (κ2) is 4.71. The highest BCUT2D eigenvalue weighted by Crippen LogP contribution is 2.22. The smallest absolute Gasteiger partial charge is 0.259 e. The zero-order valence-electron chi connectivity index (χ0n) is 9.79. The Morgan fingerprint density at radius 3 is 2.71 bits per heavy atom. The average Bonchev–Trinajstić information content (AvgIpc) is 2.35. The summed E-state index contributed by atoms with van der Waals surface area (Å²) in [6, 6.07) is 2.88. The van der Waals surface area contributed by atoms with E-state index in [1.807, 2.05) is 0 Å². The topological polar surface area (TPSA) is 58.4 Å². The largest absolute Gasteiger partial charge is 0.398 e. The predicted molar refractivity (Wildman–Crippen MR) is 64.3 cm³/mol. The first-order valence-electron chi connectivity index (χ1n) is 5.66. The maximum absolute atomic E-state index is 13.7. The molecule has 17 heavy (non-hydrogen) atoms. The summed E-state index contributed by atoms with van der Waals surface area (Å²) < 4.78 is 13.7. The van der Waals surface area contributed by atoms with Gasteiger partial charge in [-0.2, -0.15) is 0 Å². The maximum Gasteiger partial charge on any atom is 0.259 e. The van der Waals surface area contributed by atoms with Crippen LogP contribution in [-0.4, -0.2) is 37.0 Å². The molecule has 1 saturated heterocycles. The van der Waals surface area contributed by atoms with Gasteiger partial charge in [-0.1, -0.05) is 6.07 Å². The molecule has 5 heteroatoms. The van der Waals surface area contributed by atoms with Crippen molar-refractivity contribution in [1.29, 1.82) is 0 Å². The third kappa shape index (κ3) is 2.24. The fourth-order valence-corrected chi connectivity index (χ4v) is 1.94. The van der Waals surface area contributed by atoms with E-state index >= 15 is 0 Å². The Morgan fingerprint density at radius 1 is 1.41 bits per heavy atom. The van der Waals surface area contributed by atoms with E-state index in [2.05, 4.69) is 5.32 Å². The molecular weight excluding hydrogens is 221 g/mol. The van der Waals surface area contributed by atoms with Crippen molar-refractivity contribution in [3.63, 3.8) is 0 Å². The fraction of sp³-hybridized carbons (Fsp3) is 0.417. The minimum Gasteiger partial charge on any atom is -0.398 e. The number of hydrogen-bond donors (Lipinski definition) is 2. The van der Waals surface area contributed by atoms with Gasteiger partial charge in [-0.15, -0.1) is 0 Å². The Hall–Kier alpha value is -1.62. The molecule has 4 nitrogen and oxygen atoms in total. The highest BCUT2D eigenvalue weighted by Gasteiger charge is 2.23. The minimum absolute atomic E-state index is 0.00639. The van der Waals surface area contributed by atoms with Crippen LogP contribution in [-0.2, 0) is 0 Å². The number of nitrogen functional groups attached to an aromatic ring is 1. The first-order valence-corrected chi connectivity index (χ1v) is 5.66. The number of rotatable bonds is 1. The van der Waals surface area contributed by atoms with E-state index in [1.54, 1.807) is 17.9 Å². The van der Waals surface area contributed by atoms with Crippen LogP contribution in [0.2, 0.25) is 0 Å². The molecule has 1 heterocycles. The van der Waals surface area contributed by atoms with Crippen LogP contribution in [0.1, 0.15) is 15.9 Å². The Balaban J connectivity index is 2.32. The zero-order chi connectivity index (χ0) is 12.4. The summed E-state index contributed by atoms with van der Waals surface area (Å²) in [5, 5.41) is 3.14. The number of amides is 1. The summed E-state index contributed by atoms with van der Waals surface area (Å²) in [7, 11) is 0. The van der Waals surface area contributed by atoms with Crippen LogP contribution in [0.3, 0.4) is 0 Å². The average molecular weight is 237 g/mol. The second-order valence-electron chi connectivity index (χ2n) is 4.20. The molecule has 1 fully saturated rings. The van der Waals surface area contributed by atoms with Crippen molar-refractivity contribution in [2.75, 3.05) is 31.9 Å². The van der Waals surface area contributed by atoms with E-state index in [1.165, 1.54) is 6.07 Å². The molecule has 2 rings (SSSR count). The molecule has 0 unspecified atom stereocenters. The SMILES string of the molecule is Cc1ccc(F)c(C(=O)N2CCNCC2)c1N. The molecule has 0 atom stereocenters. The summed E-state index contributed by atoms with van der Waals surface area (Å²) >= 11 is 0. The van der Waals surface area contributed by atoms with Gasteiger partial charge in [0.15, 0.2) is 0 Å². The lowest BCUT2D eigenvalue weighted by Gasteiger charge is -2.28. The van der Waals surface area contributed by atoms with Gasteiger partial charge in [0.1, 0.15) is 5.82 Å². The molecule has 3 N–H and O–H groups in total. The van der Waals surface area contributed by atoms with Crippen LogP contribution in [0.4, 0.5) is 10.1 Å². The van der Waals surface area contributed by atoms with E-state index in [-0.39, 0.29) is 17.2 Å². The van der Waals surface area contributed by atoms with Crippen LogP contribution >= 0.6 is 0 Å². The highest BCUT2D eigenvalue weighted by molar-refractivity contribution is 6.00. The van der Waals surface area contributed by atoms with Gasteiger partial charge in [-0.3, -0.25) is 4.79 Å². The molecule has 92 valence electrons. The van der Waals surface area contributed by atoms with Crippen molar-refractivity contribution in [3.8, 4) is 0 Å². The first kappa shape index (κ1) is 11.9. The lowest BCUT2D eigenvalue weighted by molar-refractivity contribution is 0.0732. The van der Waals surface area contributed by atoms with Crippen molar-refractivity contribution in [3.05, 3.63) is 29.1 Å². The molecule has 0 spiro atoms. The van der Waals surface area contributed by atoms with Crippen LogP contribution in [0.5, 0.6) is 0 Å². The molecule has 0 saturated carbocycles. The lowest BCUT2D eigenvalue weighted by Crippen LogP contribution is -2.46. The zero-order valence-corrected chi connectivity index (χ0v) is 9.79. The number of nitrogens with two attached hydrogens (primary N) is 1. The van der Waals surface area contributed by atoms with Crippen molar-refractivity contribution >= 4 is 11.6 Å². The van der Waals surface area contributed by atoms with Gasteiger partial charge in [-0.05, 0) is 18.6 Å². The number of anilines is 1. The summed E-state index contributed by atoms with van der Waals surface area (Å²) in [5.74, 6) is -0.859. The quantitative estimate of drug-likeness (QED) is 0.709. The van der Waals surface area contributed by atoms with Crippen molar-refractivity contribution in [2.45, 2.75) is 6.92 Å². The monoisotopic (exact) mass is 237 g/mol. The van der Waals surface area contributed by atoms with Crippen molar-refractivity contribution in [2.24, 2.45) is 0 Å². The Labute approximate surface area is 99.6 Å². The van der Waals surface area contributed by atoms with Crippen molar-refractivity contribution < 1.29 is 9.18 Å². The van der Waals surface area contributed by atoms with E-state index < -0.39 is 5.82 Å². The molecule has 1 aliphatic rings. The number of carbonyl (C=O) groups is 1. The molecule has 0 radical (unpaired) electrons. The van der Waals surface area contributed by atoms with Crippen LogP contribution in [0.15, 0.2) is 12.1 Å². The summed E-state index contributed by atoms with van der Waals surface area (Å²) in [5.41, 5.74) is 6.77. The Kier molecular flexibility index (Phi) is 3.28. The van der Waals surface area contributed by atoms with Crippen LogP contribution < -0.4 is 11.1 Å². The molecule has 0 aromatic heterocycles. The number of aryl methyl sites for hydroxylation is 1. The van der Waals surface area contributed by atoms with Crippen molar-refractivity contribution in [1.82, 2.24) is 10.2 Å². The van der Waals surface area contributed by atoms with E-state index in [0.29, 0.717) is 13.1 Å². The first-order chi connectivity index (χ1) is 8.11. The standard InChI is InChI=1S/C12H16FN3O/c1-8-2-3-9(13)10(11(8)14)12(17)16-6-4-15-5-7-16/h2-3,15H,4-7,14H2,1H3. The Morgan fingerprint density at radius 2 is 2.06 bits per heavy atom. The number of benzene rings is 1. The number of halogens is 1. The Bertz CT molecular complexity index is 442. The van der Waals surface area contributed by atoms with E-state index in [4.69, 9.17) is 5.73 Å². The third-order valence-corrected chi connectivity index (χ3v) is 3.03. The number of nitrogens with one attached hydrogen (secondary N) is 1. The number of hydrogen-bond acceptors (Lipinski definition) is 3. The van der Waals surface area contributed by atoms with Gasteiger partial charge < -0.3 is 16.0 Å². The van der Waals surface area contributed by atoms with E-state index in [0.717, 1.165) is 18.7 Å².